The molecule has 2 rings (SSSR count). The molecule has 0 fully saturated rings. The summed E-state index contributed by atoms with van der Waals surface area (Å²) in [6, 6.07) is 6.98. The highest BCUT2D eigenvalue weighted by Crippen LogP contribution is 2.31. The second kappa shape index (κ2) is 5.67. The highest BCUT2D eigenvalue weighted by Gasteiger charge is 2.31. The van der Waals surface area contributed by atoms with Crippen molar-refractivity contribution in [2.24, 2.45) is 0 Å². The number of hydrogen-bond acceptors (Lipinski definition) is 2. The first kappa shape index (κ1) is 15.8. The zero-order chi connectivity index (χ0) is 16.5. The van der Waals surface area contributed by atoms with E-state index in [0.717, 1.165) is 18.2 Å². The lowest BCUT2D eigenvalue weighted by atomic mass is 9.97. The van der Waals surface area contributed by atoms with Crippen molar-refractivity contribution in [3.63, 3.8) is 0 Å². The summed E-state index contributed by atoms with van der Waals surface area (Å²) < 4.78 is 54.3. The predicted molar refractivity (Wildman–Crippen MR) is 70.2 cm³/mol. The van der Waals surface area contributed by atoms with Crippen LogP contribution in [0.4, 0.5) is 17.6 Å². The molecule has 0 atom stereocenters. The summed E-state index contributed by atoms with van der Waals surface area (Å²) in [6.45, 7) is 1.41. The van der Waals surface area contributed by atoms with Crippen LogP contribution in [0.25, 0.3) is 11.1 Å². The molecule has 0 heterocycles. The Balaban J connectivity index is 2.52. The van der Waals surface area contributed by atoms with Gasteiger partial charge >= 0.3 is 12.3 Å². The Kier molecular flexibility index (Phi) is 4.07. The Bertz CT molecular complexity index is 723. The molecule has 7 heteroatoms. The molecule has 3 nitrogen and oxygen atoms in total. The highest BCUT2D eigenvalue weighted by molar-refractivity contribution is 5.90. The number of carboxylic acids is 1. The van der Waals surface area contributed by atoms with E-state index in [9.17, 15) is 22.4 Å². The van der Waals surface area contributed by atoms with Crippen LogP contribution in [0.2, 0.25) is 0 Å². The van der Waals surface area contributed by atoms with Gasteiger partial charge in [-0.1, -0.05) is 12.1 Å². The second-order valence-corrected chi connectivity index (χ2v) is 4.51. The van der Waals surface area contributed by atoms with Crippen molar-refractivity contribution in [2.45, 2.75) is 13.3 Å². The number of benzene rings is 2. The number of aromatic carboxylic acids is 1. The number of carbonyl (C=O) groups is 1. The van der Waals surface area contributed by atoms with Gasteiger partial charge in [0, 0.05) is 0 Å². The smallest absolute Gasteiger partial charge is 0.478 e. The van der Waals surface area contributed by atoms with Gasteiger partial charge in [0.15, 0.2) is 0 Å². The fourth-order valence-corrected chi connectivity index (χ4v) is 1.96. The summed E-state index contributed by atoms with van der Waals surface area (Å²) in [7, 11) is 0. The topological polar surface area (TPSA) is 46.5 Å². The number of alkyl halides is 3. The monoisotopic (exact) mass is 314 g/mol. The number of hydrogen-bond donors (Lipinski definition) is 1. The van der Waals surface area contributed by atoms with Crippen molar-refractivity contribution in [2.75, 3.05) is 0 Å². The molecule has 2 aromatic rings. The Labute approximate surface area is 122 Å². The minimum atomic E-state index is -4.85. The first-order chi connectivity index (χ1) is 10.2. The van der Waals surface area contributed by atoms with E-state index in [1.807, 2.05) is 0 Å². The van der Waals surface area contributed by atoms with Gasteiger partial charge in [-0.15, -0.1) is 13.2 Å². The zero-order valence-corrected chi connectivity index (χ0v) is 11.2. The third-order valence-electron chi connectivity index (χ3n) is 2.97. The van der Waals surface area contributed by atoms with Crippen LogP contribution >= 0.6 is 0 Å². The Morgan fingerprint density at radius 1 is 1.18 bits per heavy atom. The second-order valence-electron chi connectivity index (χ2n) is 4.51. The van der Waals surface area contributed by atoms with Crippen molar-refractivity contribution in [1.82, 2.24) is 0 Å². The quantitative estimate of drug-likeness (QED) is 0.854. The van der Waals surface area contributed by atoms with E-state index in [1.165, 1.54) is 25.1 Å². The lowest BCUT2D eigenvalue weighted by Crippen LogP contribution is -2.17. The molecule has 1 N–H and O–H groups in total. The molecule has 0 amide bonds. The van der Waals surface area contributed by atoms with E-state index in [2.05, 4.69) is 4.74 Å². The molecular formula is C15H10F4O3. The summed E-state index contributed by atoms with van der Waals surface area (Å²) in [5.74, 6) is -2.55. The third kappa shape index (κ3) is 3.55. The van der Waals surface area contributed by atoms with Gasteiger partial charge in [0.25, 0.3) is 0 Å². The average molecular weight is 314 g/mol. The number of ether oxygens (including phenoxy) is 1. The summed E-state index contributed by atoms with van der Waals surface area (Å²) in [4.78, 5) is 11.0. The summed E-state index contributed by atoms with van der Waals surface area (Å²) in [6.07, 6.45) is -4.85. The maximum absolute atomic E-state index is 13.8. The Morgan fingerprint density at radius 2 is 1.86 bits per heavy atom. The maximum atomic E-state index is 13.8. The summed E-state index contributed by atoms with van der Waals surface area (Å²) in [5.41, 5.74) is 0.251. The fourth-order valence-electron chi connectivity index (χ4n) is 1.96. The Morgan fingerprint density at radius 3 is 2.45 bits per heavy atom. The predicted octanol–water partition coefficient (Wildman–Crippen LogP) is 4.40. The molecule has 0 spiro atoms. The highest BCUT2D eigenvalue weighted by atomic mass is 19.4. The first-order valence-corrected chi connectivity index (χ1v) is 6.07. The number of carboxylic acid groups (broad SMARTS) is 1. The van der Waals surface area contributed by atoms with Crippen LogP contribution in [-0.4, -0.2) is 17.4 Å². The molecule has 0 saturated carbocycles. The molecule has 116 valence electrons. The van der Waals surface area contributed by atoms with Crippen molar-refractivity contribution < 1.29 is 32.2 Å². The van der Waals surface area contributed by atoms with Crippen molar-refractivity contribution in [3.8, 4) is 16.9 Å². The standard InChI is InChI=1S/C15H10F4O3/c1-8-12(6-10(14(20)21)7-13(8)16)9-3-2-4-11(5-9)22-15(17,18)19/h2-7H,1H3,(H,20,21). The molecule has 0 aliphatic carbocycles. The SMILES string of the molecule is Cc1c(F)cc(C(=O)O)cc1-c1cccc(OC(F)(F)F)c1. The van der Waals surface area contributed by atoms with E-state index in [1.54, 1.807) is 0 Å². The molecule has 0 saturated heterocycles. The van der Waals surface area contributed by atoms with E-state index >= 15 is 0 Å². The van der Waals surface area contributed by atoms with Crippen molar-refractivity contribution in [3.05, 3.63) is 53.3 Å². The van der Waals surface area contributed by atoms with Gasteiger partial charge in [-0.2, -0.15) is 0 Å². The molecule has 0 aliphatic rings. The van der Waals surface area contributed by atoms with E-state index in [-0.39, 0.29) is 22.3 Å². The van der Waals surface area contributed by atoms with Crippen LogP contribution in [-0.2, 0) is 0 Å². The molecule has 0 bridgehead atoms. The Hall–Kier alpha value is -2.57. The molecule has 0 unspecified atom stereocenters. The molecule has 2 aromatic carbocycles. The summed E-state index contributed by atoms with van der Waals surface area (Å²) >= 11 is 0. The van der Waals surface area contributed by atoms with Gasteiger partial charge in [-0.25, -0.2) is 9.18 Å². The average Bonchev–Trinajstić information content (AvgIpc) is 2.39. The number of halogens is 4. The van der Waals surface area contributed by atoms with Crippen molar-refractivity contribution in [1.29, 1.82) is 0 Å². The zero-order valence-electron chi connectivity index (χ0n) is 11.2. The van der Waals surface area contributed by atoms with Gasteiger partial charge < -0.3 is 9.84 Å². The minimum Gasteiger partial charge on any atom is -0.478 e. The van der Waals surface area contributed by atoms with Crippen LogP contribution in [0.15, 0.2) is 36.4 Å². The third-order valence-corrected chi connectivity index (χ3v) is 2.97. The van der Waals surface area contributed by atoms with Crippen LogP contribution in [0.5, 0.6) is 5.75 Å². The lowest BCUT2D eigenvalue weighted by Gasteiger charge is -2.12. The summed E-state index contributed by atoms with van der Waals surface area (Å²) in [5, 5.41) is 8.94. The fraction of sp³-hybridized carbons (Fsp3) is 0.133. The van der Waals surface area contributed by atoms with Gasteiger partial charge in [0.1, 0.15) is 11.6 Å². The minimum absolute atomic E-state index is 0.133. The van der Waals surface area contributed by atoms with Crippen molar-refractivity contribution >= 4 is 5.97 Å². The number of rotatable bonds is 3. The molecule has 0 aromatic heterocycles. The van der Waals surface area contributed by atoms with E-state index in [4.69, 9.17) is 5.11 Å². The van der Waals surface area contributed by atoms with Crippen LogP contribution in [0, 0.1) is 12.7 Å². The normalized spacial score (nSPS) is 11.3. The lowest BCUT2D eigenvalue weighted by molar-refractivity contribution is -0.274. The van der Waals surface area contributed by atoms with Gasteiger partial charge in [0.05, 0.1) is 5.56 Å². The largest absolute Gasteiger partial charge is 0.573 e. The van der Waals surface area contributed by atoms with Crippen LogP contribution in [0.1, 0.15) is 15.9 Å². The van der Waals surface area contributed by atoms with Gasteiger partial charge in [-0.05, 0) is 47.9 Å². The first-order valence-electron chi connectivity index (χ1n) is 6.07. The van der Waals surface area contributed by atoms with Crippen LogP contribution < -0.4 is 4.74 Å². The van der Waals surface area contributed by atoms with E-state index < -0.39 is 23.9 Å². The molecule has 0 aliphatic heterocycles. The van der Waals surface area contributed by atoms with Gasteiger partial charge in [0.2, 0.25) is 0 Å². The van der Waals surface area contributed by atoms with E-state index in [0.29, 0.717) is 0 Å². The molecule has 0 radical (unpaired) electrons. The molecule has 22 heavy (non-hydrogen) atoms. The maximum Gasteiger partial charge on any atom is 0.573 e. The van der Waals surface area contributed by atoms with Crippen LogP contribution in [0.3, 0.4) is 0 Å². The molecular weight excluding hydrogens is 304 g/mol. The van der Waals surface area contributed by atoms with Gasteiger partial charge in [-0.3, -0.25) is 0 Å².